The van der Waals surface area contributed by atoms with Crippen LogP contribution in [-0.2, 0) is 0 Å². The number of hydrogen-bond donors (Lipinski definition) is 1. The van der Waals surface area contributed by atoms with Crippen molar-refractivity contribution in [3.63, 3.8) is 0 Å². The monoisotopic (exact) mass is 252 g/mol. The van der Waals surface area contributed by atoms with E-state index in [1.54, 1.807) is 6.92 Å². The summed E-state index contributed by atoms with van der Waals surface area (Å²) >= 11 is 0. The van der Waals surface area contributed by atoms with E-state index in [2.05, 4.69) is 32.6 Å². The number of nitrogen functional groups attached to an aromatic ring is 1. The first-order valence-electron chi connectivity index (χ1n) is 6.61. The summed E-state index contributed by atoms with van der Waals surface area (Å²) in [6.07, 6.45) is 0. The maximum atomic E-state index is 13.4. The minimum absolute atomic E-state index is 0.231. The van der Waals surface area contributed by atoms with Crippen LogP contribution < -0.4 is 10.6 Å². The maximum Gasteiger partial charge on any atom is 0.128 e. The summed E-state index contributed by atoms with van der Waals surface area (Å²) in [5.74, 6) is 0.868. The van der Waals surface area contributed by atoms with Gasteiger partial charge in [0.25, 0.3) is 0 Å². The molecule has 0 saturated heterocycles. The number of hydrogen-bond acceptors (Lipinski definition) is 2. The molecule has 0 amide bonds. The molecular formula is C15H25FN2. The molecular weight excluding hydrogens is 227 g/mol. The highest BCUT2D eigenvalue weighted by Crippen LogP contribution is 2.28. The summed E-state index contributed by atoms with van der Waals surface area (Å²) in [5, 5.41) is 0. The van der Waals surface area contributed by atoms with Crippen molar-refractivity contribution in [3.05, 3.63) is 23.5 Å². The van der Waals surface area contributed by atoms with Gasteiger partial charge in [0.2, 0.25) is 0 Å². The predicted molar refractivity (Wildman–Crippen MR) is 77.4 cm³/mol. The van der Waals surface area contributed by atoms with Crippen molar-refractivity contribution in [3.8, 4) is 0 Å². The molecule has 0 aliphatic rings. The van der Waals surface area contributed by atoms with Crippen molar-refractivity contribution in [2.24, 2.45) is 11.8 Å². The van der Waals surface area contributed by atoms with Crippen LogP contribution >= 0.6 is 0 Å². The summed E-state index contributed by atoms with van der Waals surface area (Å²) in [6.45, 7) is 12.4. The second-order valence-electron chi connectivity index (χ2n) is 5.85. The molecule has 2 N–H and O–H groups in total. The van der Waals surface area contributed by atoms with E-state index in [9.17, 15) is 4.39 Å². The van der Waals surface area contributed by atoms with Crippen LogP contribution in [0.2, 0.25) is 0 Å². The van der Waals surface area contributed by atoms with Gasteiger partial charge < -0.3 is 10.6 Å². The van der Waals surface area contributed by atoms with Gasteiger partial charge in [-0.3, -0.25) is 0 Å². The average Bonchev–Trinajstić information content (AvgIpc) is 2.21. The smallest absolute Gasteiger partial charge is 0.128 e. The number of nitrogens with zero attached hydrogens (tertiary/aromatic N) is 1. The van der Waals surface area contributed by atoms with Crippen LogP contribution in [0.25, 0.3) is 0 Å². The predicted octanol–water partition coefficient (Wildman–Crippen LogP) is 3.83. The Labute approximate surface area is 110 Å². The molecule has 102 valence electrons. The highest BCUT2D eigenvalue weighted by atomic mass is 19.1. The molecule has 0 heterocycles. The van der Waals surface area contributed by atoms with E-state index in [4.69, 9.17) is 5.73 Å². The molecule has 0 atom stereocenters. The average molecular weight is 252 g/mol. The number of nitrogens with two attached hydrogens (primary N) is 1. The van der Waals surface area contributed by atoms with Crippen molar-refractivity contribution in [2.45, 2.75) is 34.6 Å². The Morgan fingerprint density at radius 1 is 1.11 bits per heavy atom. The van der Waals surface area contributed by atoms with E-state index in [0.717, 1.165) is 18.8 Å². The van der Waals surface area contributed by atoms with E-state index in [0.29, 0.717) is 23.1 Å². The number of anilines is 2. The van der Waals surface area contributed by atoms with E-state index in [1.165, 1.54) is 6.07 Å². The largest absolute Gasteiger partial charge is 0.397 e. The Morgan fingerprint density at radius 2 is 1.61 bits per heavy atom. The van der Waals surface area contributed by atoms with Gasteiger partial charge in [0.05, 0.1) is 11.4 Å². The number of aryl methyl sites for hydroxylation is 1. The first-order chi connectivity index (χ1) is 8.31. The molecule has 3 heteroatoms. The summed E-state index contributed by atoms with van der Waals surface area (Å²) in [4.78, 5) is 2.26. The van der Waals surface area contributed by atoms with Gasteiger partial charge >= 0.3 is 0 Å². The fourth-order valence-corrected chi connectivity index (χ4v) is 2.11. The van der Waals surface area contributed by atoms with Gasteiger partial charge in [0.1, 0.15) is 5.82 Å². The zero-order valence-corrected chi connectivity index (χ0v) is 12.1. The lowest BCUT2D eigenvalue weighted by Gasteiger charge is -2.30. The second-order valence-corrected chi connectivity index (χ2v) is 5.85. The number of rotatable bonds is 5. The molecule has 0 aliphatic carbocycles. The lowest BCUT2D eigenvalue weighted by Crippen LogP contribution is -2.32. The summed E-state index contributed by atoms with van der Waals surface area (Å²) < 4.78 is 13.4. The molecule has 1 aromatic carbocycles. The molecule has 2 nitrogen and oxygen atoms in total. The van der Waals surface area contributed by atoms with Crippen molar-refractivity contribution in [2.75, 3.05) is 23.7 Å². The molecule has 0 aliphatic heterocycles. The van der Waals surface area contributed by atoms with Crippen LogP contribution in [0.3, 0.4) is 0 Å². The van der Waals surface area contributed by atoms with Crippen LogP contribution in [0.1, 0.15) is 33.3 Å². The van der Waals surface area contributed by atoms with Gasteiger partial charge in [-0.15, -0.1) is 0 Å². The third kappa shape index (κ3) is 3.90. The Bertz CT molecular complexity index is 390. The van der Waals surface area contributed by atoms with E-state index in [-0.39, 0.29) is 5.82 Å². The van der Waals surface area contributed by atoms with Crippen molar-refractivity contribution in [1.29, 1.82) is 0 Å². The highest BCUT2D eigenvalue weighted by molar-refractivity contribution is 5.68. The van der Waals surface area contributed by atoms with Crippen LogP contribution in [0.4, 0.5) is 15.8 Å². The molecule has 1 rings (SSSR count). The molecule has 0 fully saturated rings. The third-order valence-electron chi connectivity index (χ3n) is 2.82. The van der Waals surface area contributed by atoms with Crippen LogP contribution in [0.5, 0.6) is 0 Å². The quantitative estimate of drug-likeness (QED) is 0.807. The molecule has 18 heavy (non-hydrogen) atoms. The Morgan fingerprint density at radius 3 is 2.06 bits per heavy atom. The number of benzene rings is 1. The first kappa shape index (κ1) is 14.8. The standard InChI is InChI=1S/C15H25FN2/c1-10(2)8-18(9-11(3)4)15-6-12(5)13(16)7-14(15)17/h6-7,10-11H,8-9,17H2,1-5H3. The van der Waals surface area contributed by atoms with Gasteiger partial charge in [-0.25, -0.2) is 4.39 Å². The van der Waals surface area contributed by atoms with Gasteiger partial charge in [-0.1, -0.05) is 27.7 Å². The molecule has 0 aromatic heterocycles. The fourth-order valence-electron chi connectivity index (χ4n) is 2.11. The second kappa shape index (κ2) is 6.07. The highest BCUT2D eigenvalue weighted by Gasteiger charge is 2.15. The summed E-state index contributed by atoms with van der Waals surface area (Å²) in [5.41, 5.74) is 8.09. The van der Waals surface area contributed by atoms with Crippen LogP contribution in [0.15, 0.2) is 12.1 Å². The van der Waals surface area contributed by atoms with E-state index in [1.807, 2.05) is 6.07 Å². The van der Waals surface area contributed by atoms with Gasteiger partial charge in [-0.05, 0) is 36.5 Å². The third-order valence-corrected chi connectivity index (χ3v) is 2.82. The Kier molecular flexibility index (Phi) is 5.00. The Balaban J connectivity index is 3.07. The molecule has 1 aromatic rings. The van der Waals surface area contributed by atoms with Gasteiger partial charge in [0, 0.05) is 13.1 Å². The topological polar surface area (TPSA) is 29.3 Å². The van der Waals surface area contributed by atoms with Gasteiger partial charge in [-0.2, -0.15) is 0 Å². The molecule has 0 bridgehead atoms. The normalized spacial score (nSPS) is 11.3. The summed E-state index contributed by atoms with van der Waals surface area (Å²) in [7, 11) is 0. The zero-order valence-electron chi connectivity index (χ0n) is 12.1. The Hall–Kier alpha value is -1.25. The molecule has 0 spiro atoms. The van der Waals surface area contributed by atoms with Gasteiger partial charge in [0.15, 0.2) is 0 Å². The van der Waals surface area contributed by atoms with E-state index >= 15 is 0 Å². The zero-order chi connectivity index (χ0) is 13.9. The number of halogens is 1. The fraction of sp³-hybridized carbons (Fsp3) is 0.600. The summed E-state index contributed by atoms with van der Waals surface area (Å²) in [6, 6.07) is 3.29. The minimum atomic E-state index is -0.231. The molecule has 0 radical (unpaired) electrons. The molecule has 0 saturated carbocycles. The minimum Gasteiger partial charge on any atom is -0.397 e. The van der Waals surface area contributed by atoms with Crippen molar-refractivity contribution >= 4 is 11.4 Å². The maximum absolute atomic E-state index is 13.4. The lowest BCUT2D eigenvalue weighted by molar-refractivity contribution is 0.552. The van der Waals surface area contributed by atoms with Crippen LogP contribution in [-0.4, -0.2) is 13.1 Å². The van der Waals surface area contributed by atoms with Crippen LogP contribution in [0, 0.1) is 24.6 Å². The molecule has 0 unspecified atom stereocenters. The SMILES string of the molecule is Cc1cc(N(CC(C)C)CC(C)C)c(N)cc1F. The van der Waals surface area contributed by atoms with Crippen molar-refractivity contribution < 1.29 is 4.39 Å². The van der Waals surface area contributed by atoms with Crippen molar-refractivity contribution in [1.82, 2.24) is 0 Å². The first-order valence-corrected chi connectivity index (χ1v) is 6.61. The lowest BCUT2D eigenvalue weighted by atomic mass is 10.1. The van der Waals surface area contributed by atoms with E-state index < -0.39 is 0 Å².